The first-order valence-corrected chi connectivity index (χ1v) is 8.11. The van der Waals surface area contributed by atoms with Gasteiger partial charge < -0.3 is 20.4 Å². The van der Waals surface area contributed by atoms with Crippen LogP contribution in [0.25, 0.3) is 0 Å². The first-order valence-electron chi connectivity index (χ1n) is 8.11. The summed E-state index contributed by atoms with van der Waals surface area (Å²) in [6, 6.07) is 6.89. The van der Waals surface area contributed by atoms with Gasteiger partial charge in [0, 0.05) is 36.9 Å². The number of anilines is 1. The predicted molar refractivity (Wildman–Crippen MR) is 91.7 cm³/mol. The molecule has 0 aromatic heterocycles. The summed E-state index contributed by atoms with van der Waals surface area (Å²) >= 11 is 0. The van der Waals surface area contributed by atoms with Gasteiger partial charge in [-0.1, -0.05) is 0 Å². The van der Waals surface area contributed by atoms with Crippen LogP contribution in [0.5, 0.6) is 0 Å². The zero-order valence-electron chi connectivity index (χ0n) is 14.1. The zero-order chi connectivity index (χ0) is 16.8. The molecule has 3 amide bonds. The summed E-state index contributed by atoms with van der Waals surface area (Å²) in [6.45, 7) is 7.28. The molecule has 0 radical (unpaired) electrons. The van der Waals surface area contributed by atoms with Gasteiger partial charge in [-0.05, 0) is 58.1 Å². The molecule has 6 nitrogen and oxygen atoms in total. The van der Waals surface area contributed by atoms with Gasteiger partial charge in [0.15, 0.2) is 0 Å². The Balaban J connectivity index is 1.95. The smallest absolute Gasteiger partial charge is 0.319 e. The summed E-state index contributed by atoms with van der Waals surface area (Å²) in [5.74, 6) is 0.0541. The molecule has 6 heteroatoms. The minimum atomic E-state index is -0.241. The Morgan fingerprint density at radius 1 is 1.04 bits per heavy atom. The van der Waals surface area contributed by atoms with Crippen molar-refractivity contribution in [3.05, 3.63) is 29.8 Å². The summed E-state index contributed by atoms with van der Waals surface area (Å²) in [4.78, 5) is 28.3. The van der Waals surface area contributed by atoms with Crippen LogP contribution in [-0.2, 0) is 0 Å². The van der Waals surface area contributed by atoms with Crippen LogP contribution in [0.2, 0.25) is 0 Å². The van der Waals surface area contributed by atoms with Crippen LogP contribution < -0.4 is 10.6 Å². The Morgan fingerprint density at radius 2 is 1.74 bits per heavy atom. The van der Waals surface area contributed by atoms with E-state index in [9.17, 15) is 9.59 Å². The number of urea groups is 1. The van der Waals surface area contributed by atoms with Crippen molar-refractivity contribution in [2.75, 3.05) is 38.5 Å². The highest BCUT2D eigenvalue weighted by molar-refractivity contribution is 5.95. The average molecular weight is 318 g/mol. The van der Waals surface area contributed by atoms with E-state index in [-0.39, 0.29) is 18.0 Å². The van der Waals surface area contributed by atoms with Gasteiger partial charge in [0.25, 0.3) is 5.91 Å². The first-order chi connectivity index (χ1) is 11.0. The molecule has 2 rings (SSSR count). The Morgan fingerprint density at radius 3 is 2.39 bits per heavy atom. The molecule has 1 aromatic rings. The molecule has 0 unspecified atom stereocenters. The fraction of sp³-hybridized carbons (Fsp3) is 0.529. The van der Waals surface area contributed by atoms with E-state index in [2.05, 4.69) is 22.6 Å². The highest BCUT2D eigenvalue weighted by Crippen LogP contribution is 2.13. The lowest BCUT2D eigenvalue weighted by molar-refractivity contribution is 0.0763. The third-order valence-electron chi connectivity index (χ3n) is 3.82. The number of likely N-dealkylation sites (N-methyl/N-ethyl adjacent to an activating group) is 1. The molecule has 0 spiro atoms. The molecule has 1 aliphatic rings. The topological polar surface area (TPSA) is 64.7 Å². The molecule has 2 N–H and O–H groups in total. The monoisotopic (exact) mass is 318 g/mol. The molecule has 126 valence electrons. The van der Waals surface area contributed by atoms with Gasteiger partial charge in [-0.3, -0.25) is 4.79 Å². The lowest BCUT2D eigenvalue weighted by atomic mass is 10.1. The van der Waals surface area contributed by atoms with Crippen molar-refractivity contribution in [3.8, 4) is 0 Å². The zero-order valence-corrected chi connectivity index (χ0v) is 14.1. The standard InChI is InChI=1S/C17H26N4O2/c1-13(2)18-17(23)19-15-7-5-14(6-8-15)16(22)21-10-4-9-20(3)11-12-21/h5-8,13H,4,9-12H2,1-3H3,(H2,18,19,23). The largest absolute Gasteiger partial charge is 0.337 e. The fourth-order valence-corrected chi connectivity index (χ4v) is 2.56. The number of carbonyl (C=O) groups is 2. The Kier molecular flexibility index (Phi) is 5.98. The van der Waals surface area contributed by atoms with Crippen molar-refractivity contribution < 1.29 is 9.59 Å². The third-order valence-corrected chi connectivity index (χ3v) is 3.82. The van der Waals surface area contributed by atoms with Gasteiger partial charge in [0.1, 0.15) is 0 Å². The number of nitrogens with one attached hydrogen (secondary N) is 2. The van der Waals surface area contributed by atoms with E-state index >= 15 is 0 Å². The molecule has 1 heterocycles. The molecule has 1 fully saturated rings. The van der Waals surface area contributed by atoms with Gasteiger partial charge in [-0.25, -0.2) is 4.79 Å². The third kappa shape index (κ3) is 5.25. The molecule has 23 heavy (non-hydrogen) atoms. The second-order valence-electron chi connectivity index (χ2n) is 6.28. The van der Waals surface area contributed by atoms with Gasteiger partial charge in [-0.2, -0.15) is 0 Å². The minimum absolute atomic E-state index is 0.0541. The molecule has 0 aliphatic carbocycles. The van der Waals surface area contributed by atoms with Crippen LogP contribution in [0.4, 0.5) is 10.5 Å². The highest BCUT2D eigenvalue weighted by Gasteiger charge is 2.18. The van der Waals surface area contributed by atoms with Gasteiger partial charge in [0.05, 0.1) is 0 Å². The fourth-order valence-electron chi connectivity index (χ4n) is 2.56. The van der Waals surface area contributed by atoms with Crippen LogP contribution in [0.3, 0.4) is 0 Å². The van der Waals surface area contributed by atoms with Crippen LogP contribution in [0, 0.1) is 0 Å². The summed E-state index contributed by atoms with van der Waals surface area (Å²) in [5.41, 5.74) is 1.33. The van der Waals surface area contributed by atoms with E-state index in [0.29, 0.717) is 11.3 Å². The number of hydrogen-bond acceptors (Lipinski definition) is 3. The Bertz CT molecular complexity index is 542. The van der Waals surface area contributed by atoms with Gasteiger partial charge in [-0.15, -0.1) is 0 Å². The number of carbonyl (C=O) groups excluding carboxylic acids is 2. The maximum absolute atomic E-state index is 12.5. The van der Waals surface area contributed by atoms with Crippen molar-refractivity contribution >= 4 is 17.6 Å². The number of amides is 3. The van der Waals surface area contributed by atoms with E-state index < -0.39 is 0 Å². The number of nitrogens with zero attached hydrogens (tertiary/aromatic N) is 2. The maximum Gasteiger partial charge on any atom is 0.319 e. The molecule has 0 bridgehead atoms. The van der Waals surface area contributed by atoms with E-state index in [1.54, 1.807) is 24.3 Å². The van der Waals surface area contributed by atoms with Crippen molar-refractivity contribution in [2.45, 2.75) is 26.3 Å². The molecular formula is C17H26N4O2. The summed E-state index contributed by atoms with van der Waals surface area (Å²) in [5, 5.41) is 5.51. The average Bonchev–Trinajstić information content (AvgIpc) is 2.71. The number of hydrogen-bond donors (Lipinski definition) is 2. The second kappa shape index (κ2) is 7.97. The maximum atomic E-state index is 12.5. The summed E-state index contributed by atoms with van der Waals surface area (Å²) in [6.07, 6.45) is 0.997. The van der Waals surface area contributed by atoms with Crippen molar-refractivity contribution in [3.63, 3.8) is 0 Å². The molecule has 1 saturated heterocycles. The van der Waals surface area contributed by atoms with Crippen molar-refractivity contribution in [1.82, 2.24) is 15.1 Å². The lowest BCUT2D eigenvalue weighted by Crippen LogP contribution is -2.35. The van der Waals surface area contributed by atoms with Gasteiger partial charge >= 0.3 is 6.03 Å². The molecule has 0 saturated carbocycles. The van der Waals surface area contributed by atoms with Crippen LogP contribution in [0.15, 0.2) is 24.3 Å². The van der Waals surface area contributed by atoms with Gasteiger partial charge in [0.2, 0.25) is 0 Å². The summed E-state index contributed by atoms with van der Waals surface area (Å²) in [7, 11) is 2.08. The van der Waals surface area contributed by atoms with Crippen LogP contribution in [0.1, 0.15) is 30.6 Å². The van der Waals surface area contributed by atoms with E-state index in [1.165, 1.54) is 0 Å². The number of rotatable bonds is 3. The highest BCUT2D eigenvalue weighted by atomic mass is 16.2. The molecular weight excluding hydrogens is 292 g/mol. The molecule has 1 aliphatic heterocycles. The van der Waals surface area contributed by atoms with E-state index in [0.717, 1.165) is 32.6 Å². The SMILES string of the molecule is CC(C)NC(=O)Nc1ccc(C(=O)N2CCCN(C)CC2)cc1. The van der Waals surface area contributed by atoms with Crippen molar-refractivity contribution in [1.29, 1.82) is 0 Å². The van der Waals surface area contributed by atoms with Crippen LogP contribution >= 0.6 is 0 Å². The second-order valence-corrected chi connectivity index (χ2v) is 6.28. The normalized spacial score (nSPS) is 16.1. The summed E-state index contributed by atoms with van der Waals surface area (Å²) < 4.78 is 0. The first kappa shape index (κ1) is 17.3. The van der Waals surface area contributed by atoms with E-state index in [4.69, 9.17) is 0 Å². The Labute approximate surface area is 137 Å². The number of benzene rings is 1. The van der Waals surface area contributed by atoms with E-state index in [1.807, 2.05) is 18.7 Å². The van der Waals surface area contributed by atoms with Crippen molar-refractivity contribution in [2.24, 2.45) is 0 Å². The predicted octanol–water partition coefficient (Wildman–Crippen LogP) is 1.99. The molecule has 1 aromatic carbocycles. The van der Waals surface area contributed by atoms with Crippen LogP contribution in [-0.4, -0.2) is 61.0 Å². The molecule has 0 atom stereocenters. The lowest BCUT2D eigenvalue weighted by Gasteiger charge is -2.20. The quantitative estimate of drug-likeness (QED) is 0.896. The minimum Gasteiger partial charge on any atom is -0.337 e. The Hall–Kier alpha value is -2.08.